The monoisotopic (exact) mass is 342 g/mol. The highest BCUT2D eigenvalue weighted by Crippen LogP contribution is 2.39. The van der Waals surface area contributed by atoms with Crippen LogP contribution < -0.4 is 0 Å². The lowest BCUT2D eigenvalue weighted by molar-refractivity contribution is -0.141. The molecule has 4 heteroatoms. The number of hydrogen-bond donors (Lipinski definition) is 3. The Hall–Kier alpha value is -2.49. The fraction of sp³-hybridized carbons (Fsp3) is 0.381. The smallest absolute Gasteiger partial charge is 0.318 e. The Bertz CT molecular complexity index is 733. The lowest BCUT2D eigenvalue weighted by atomic mass is 9.74. The van der Waals surface area contributed by atoms with Gasteiger partial charge < -0.3 is 15.3 Å². The van der Waals surface area contributed by atoms with Crippen LogP contribution in [-0.4, -0.2) is 21.3 Å². The highest BCUT2D eigenvalue weighted by molar-refractivity contribution is 5.86. The maximum absolute atomic E-state index is 12.2. The molecular weight excluding hydrogens is 316 g/mol. The summed E-state index contributed by atoms with van der Waals surface area (Å²) in [6, 6.07) is 9.92. The second-order valence-electron chi connectivity index (χ2n) is 7.29. The molecule has 25 heavy (non-hydrogen) atoms. The standard InChI is InChI=1S/C21H26O4/c1-12(2)16-10-14(6-8-18(16)22)21(5,20(24)25)15-7-9-19(23)17(11-15)13(3)4/h6-13,22-23H,1-5H3,(H,24,25). The maximum atomic E-state index is 12.2. The minimum absolute atomic E-state index is 0.0732. The van der Waals surface area contributed by atoms with E-state index in [2.05, 4.69) is 0 Å². The van der Waals surface area contributed by atoms with Crippen molar-refractivity contribution in [1.82, 2.24) is 0 Å². The highest BCUT2D eigenvalue weighted by Gasteiger charge is 2.38. The summed E-state index contributed by atoms with van der Waals surface area (Å²) in [5.74, 6) is -0.499. The zero-order chi connectivity index (χ0) is 18.9. The van der Waals surface area contributed by atoms with E-state index in [1.54, 1.807) is 43.3 Å². The molecule has 0 aliphatic carbocycles. The molecule has 0 atom stereocenters. The normalized spacial score (nSPS) is 12.0. The number of carbonyl (C=O) groups is 1. The van der Waals surface area contributed by atoms with E-state index in [1.165, 1.54) is 0 Å². The van der Waals surface area contributed by atoms with Crippen molar-refractivity contribution in [2.45, 2.75) is 51.9 Å². The molecule has 0 unspecified atom stereocenters. The summed E-state index contributed by atoms with van der Waals surface area (Å²) in [6.07, 6.45) is 0. The summed E-state index contributed by atoms with van der Waals surface area (Å²) >= 11 is 0. The number of phenolic OH excluding ortho intramolecular Hbond substituents is 2. The van der Waals surface area contributed by atoms with Crippen molar-refractivity contribution in [2.75, 3.05) is 0 Å². The zero-order valence-corrected chi connectivity index (χ0v) is 15.4. The van der Waals surface area contributed by atoms with E-state index >= 15 is 0 Å². The summed E-state index contributed by atoms with van der Waals surface area (Å²) in [4.78, 5) is 12.2. The van der Waals surface area contributed by atoms with Gasteiger partial charge in [-0.2, -0.15) is 0 Å². The van der Waals surface area contributed by atoms with Crippen molar-refractivity contribution in [2.24, 2.45) is 0 Å². The van der Waals surface area contributed by atoms with Gasteiger partial charge in [0.25, 0.3) is 0 Å². The van der Waals surface area contributed by atoms with Crippen LogP contribution in [0.3, 0.4) is 0 Å². The zero-order valence-electron chi connectivity index (χ0n) is 15.4. The molecular formula is C21H26O4. The van der Waals surface area contributed by atoms with Gasteiger partial charge >= 0.3 is 5.97 Å². The summed E-state index contributed by atoms with van der Waals surface area (Å²) in [5.41, 5.74) is 1.35. The van der Waals surface area contributed by atoms with E-state index < -0.39 is 11.4 Å². The molecule has 0 aliphatic rings. The SMILES string of the molecule is CC(C)c1cc(C(C)(C(=O)O)c2ccc(O)c(C(C)C)c2)ccc1O. The largest absolute Gasteiger partial charge is 0.508 e. The summed E-state index contributed by atoms with van der Waals surface area (Å²) in [7, 11) is 0. The quantitative estimate of drug-likeness (QED) is 0.734. The number of benzene rings is 2. The van der Waals surface area contributed by atoms with Gasteiger partial charge in [0.2, 0.25) is 0 Å². The van der Waals surface area contributed by atoms with Crippen LogP contribution in [0.2, 0.25) is 0 Å². The van der Waals surface area contributed by atoms with Gasteiger partial charge in [-0.05, 0) is 53.1 Å². The maximum Gasteiger partial charge on any atom is 0.318 e. The van der Waals surface area contributed by atoms with Gasteiger partial charge in [0.05, 0.1) is 0 Å². The van der Waals surface area contributed by atoms with Gasteiger partial charge in [0.15, 0.2) is 0 Å². The first-order chi connectivity index (χ1) is 11.6. The van der Waals surface area contributed by atoms with Crippen molar-refractivity contribution in [3.63, 3.8) is 0 Å². The van der Waals surface area contributed by atoms with Gasteiger partial charge in [-0.1, -0.05) is 52.0 Å². The average molecular weight is 342 g/mol. The predicted octanol–water partition coefficient (Wildman–Crippen LogP) is 4.74. The van der Waals surface area contributed by atoms with E-state index in [1.807, 2.05) is 27.7 Å². The van der Waals surface area contributed by atoms with Crippen molar-refractivity contribution < 1.29 is 20.1 Å². The van der Waals surface area contributed by atoms with Gasteiger partial charge in [-0.15, -0.1) is 0 Å². The van der Waals surface area contributed by atoms with Crippen LogP contribution >= 0.6 is 0 Å². The molecule has 0 radical (unpaired) electrons. The van der Waals surface area contributed by atoms with Gasteiger partial charge in [-0.25, -0.2) is 0 Å². The Morgan fingerprint density at radius 2 is 1.20 bits per heavy atom. The number of hydrogen-bond acceptors (Lipinski definition) is 3. The van der Waals surface area contributed by atoms with Crippen molar-refractivity contribution in [3.8, 4) is 11.5 Å². The van der Waals surface area contributed by atoms with Gasteiger partial charge in [0.1, 0.15) is 16.9 Å². The minimum atomic E-state index is -1.28. The fourth-order valence-electron chi connectivity index (χ4n) is 3.07. The van der Waals surface area contributed by atoms with Crippen LogP contribution in [0, 0.1) is 0 Å². The third kappa shape index (κ3) is 3.34. The molecule has 4 nitrogen and oxygen atoms in total. The first kappa shape index (κ1) is 18.8. The van der Waals surface area contributed by atoms with E-state index in [4.69, 9.17) is 0 Å². The number of phenols is 2. The third-order valence-electron chi connectivity index (χ3n) is 4.88. The Morgan fingerprint density at radius 3 is 1.48 bits per heavy atom. The molecule has 2 aromatic rings. The molecule has 2 rings (SSSR count). The van der Waals surface area contributed by atoms with Crippen molar-refractivity contribution in [3.05, 3.63) is 58.7 Å². The molecule has 3 N–H and O–H groups in total. The molecule has 0 bridgehead atoms. The van der Waals surface area contributed by atoms with Crippen LogP contribution in [0.25, 0.3) is 0 Å². The summed E-state index contributed by atoms with van der Waals surface area (Å²) in [6.45, 7) is 9.47. The Balaban J connectivity index is 2.70. The van der Waals surface area contributed by atoms with Crippen LogP contribution in [-0.2, 0) is 10.2 Å². The number of aliphatic carboxylic acids is 1. The molecule has 0 amide bonds. The molecule has 0 heterocycles. The minimum Gasteiger partial charge on any atom is -0.508 e. The molecule has 0 fully saturated rings. The number of carboxylic acid groups (broad SMARTS) is 1. The number of carboxylic acids is 1. The first-order valence-electron chi connectivity index (χ1n) is 8.49. The molecule has 0 spiro atoms. The van der Waals surface area contributed by atoms with Crippen LogP contribution in [0.15, 0.2) is 36.4 Å². The van der Waals surface area contributed by atoms with Crippen LogP contribution in [0.1, 0.15) is 68.7 Å². The average Bonchev–Trinajstić information content (AvgIpc) is 2.54. The second-order valence-corrected chi connectivity index (χ2v) is 7.29. The molecule has 134 valence electrons. The number of rotatable bonds is 5. The summed E-state index contributed by atoms with van der Waals surface area (Å²) in [5, 5.41) is 30.1. The van der Waals surface area contributed by atoms with Crippen molar-refractivity contribution in [1.29, 1.82) is 0 Å². The van der Waals surface area contributed by atoms with E-state index in [9.17, 15) is 20.1 Å². The van der Waals surface area contributed by atoms with E-state index in [-0.39, 0.29) is 23.3 Å². The van der Waals surface area contributed by atoms with Gasteiger partial charge in [0, 0.05) is 0 Å². The molecule has 0 aliphatic heterocycles. The number of aromatic hydroxyl groups is 2. The molecule has 0 aromatic heterocycles. The fourth-order valence-corrected chi connectivity index (χ4v) is 3.07. The van der Waals surface area contributed by atoms with Crippen LogP contribution in [0.4, 0.5) is 0 Å². The lowest BCUT2D eigenvalue weighted by Crippen LogP contribution is -2.34. The second kappa shape index (κ2) is 6.79. The van der Waals surface area contributed by atoms with Gasteiger partial charge in [-0.3, -0.25) is 4.79 Å². The topological polar surface area (TPSA) is 77.8 Å². The first-order valence-corrected chi connectivity index (χ1v) is 8.49. The van der Waals surface area contributed by atoms with Crippen LogP contribution in [0.5, 0.6) is 11.5 Å². The Labute approximate surface area is 148 Å². The molecule has 2 aromatic carbocycles. The lowest BCUT2D eigenvalue weighted by Gasteiger charge is -2.28. The third-order valence-corrected chi connectivity index (χ3v) is 4.88. The highest BCUT2D eigenvalue weighted by atomic mass is 16.4. The molecule has 0 saturated heterocycles. The Kier molecular flexibility index (Phi) is 5.12. The molecule has 0 saturated carbocycles. The predicted molar refractivity (Wildman–Crippen MR) is 98.5 cm³/mol. The van der Waals surface area contributed by atoms with E-state index in [0.29, 0.717) is 22.3 Å². The van der Waals surface area contributed by atoms with E-state index in [0.717, 1.165) is 0 Å². The summed E-state index contributed by atoms with van der Waals surface area (Å²) < 4.78 is 0. The Morgan fingerprint density at radius 1 is 0.840 bits per heavy atom. The van der Waals surface area contributed by atoms with Crippen molar-refractivity contribution >= 4 is 5.97 Å².